The lowest BCUT2D eigenvalue weighted by Crippen LogP contribution is -2.61. The first-order valence-corrected chi connectivity index (χ1v) is 13.4. The minimum Gasteiger partial charge on any atom is -0.475 e. The Kier molecular flexibility index (Phi) is 8.24. The molecular formula is C27H26F3N3O6S. The molecule has 4 atom stereocenters. The molecule has 0 unspecified atom stereocenters. The van der Waals surface area contributed by atoms with Gasteiger partial charge in [-0.25, -0.2) is 9.59 Å². The Morgan fingerprint density at radius 2 is 1.60 bits per heavy atom. The van der Waals surface area contributed by atoms with Crippen molar-refractivity contribution in [1.29, 1.82) is 0 Å². The number of alkyl halides is 3. The molecule has 0 saturated carbocycles. The number of amides is 2. The summed E-state index contributed by atoms with van der Waals surface area (Å²) in [6.07, 6.45) is -2.93. The van der Waals surface area contributed by atoms with Crippen molar-refractivity contribution in [2.45, 2.75) is 30.7 Å². The van der Waals surface area contributed by atoms with Crippen LogP contribution in [0.15, 0.2) is 65.7 Å². The maximum absolute atomic E-state index is 13.9. The molecule has 3 heterocycles. The first-order chi connectivity index (χ1) is 19.0. The Labute approximate surface area is 232 Å². The van der Waals surface area contributed by atoms with Gasteiger partial charge >= 0.3 is 18.1 Å². The number of aliphatic imine (C=N–C) groups is 1. The van der Waals surface area contributed by atoms with Crippen LogP contribution in [0.4, 0.5) is 13.2 Å². The lowest BCUT2D eigenvalue weighted by Gasteiger charge is -2.40. The number of carboxylic acids is 1. The van der Waals surface area contributed by atoms with Crippen molar-refractivity contribution in [3.63, 3.8) is 0 Å². The highest BCUT2D eigenvalue weighted by Crippen LogP contribution is 2.53. The predicted octanol–water partition coefficient (Wildman–Crippen LogP) is 2.99. The van der Waals surface area contributed by atoms with E-state index in [0.717, 1.165) is 11.1 Å². The number of carboxylic acid groups (broad SMARTS) is 1. The molecule has 2 aromatic rings. The second-order valence-corrected chi connectivity index (χ2v) is 10.2. The second kappa shape index (κ2) is 11.3. The third-order valence-electron chi connectivity index (χ3n) is 7.22. The standard InChI is InChI=1S/C25H25N3O4S.C2HF3O2/c1-32-23(31)25(13-16-9-5-3-6-10-16)20-19(18-14-26-24(33-2)28(18)25)21(29)27(22(20)30)15-17-11-7-4-8-12-17;3-2(4,5)1(6)7/h3-12,18-20H,13-15H2,1-2H3;(H,6,7)/t18-,19+,20-,25-;/m1./s1. The Bertz CT molecular complexity index is 1320. The average molecular weight is 578 g/mol. The van der Waals surface area contributed by atoms with Gasteiger partial charge in [-0.05, 0) is 17.4 Å². The molecule has 0 bridgehead atoms. The molecule has 2 aromatic carbocycles. The SMILES string of the molecule is COC(=O)[C@@]1(Cc2ccccc2)[C@H]2C(=O)N(Cc3ccccc3)C(=O)[C@H]2[C@H]2CN=C(SC)N21.O=C(O)C(F)(F)F. The number of methoxy groups -OCH3 is 1. The van der Waals surface area contributed by atoms with Crippen molar-refractivity contribution in [1.82, 2.24) is 9.80 Å². The summed E-state index contributed by atoms with van der Waals surface area (Å²) in [5.74, 6) is -5.28. The summed E-state index contributed by atoms with van der Waals surface area (Å²) in [5.41, 5.74) is 0.439. The predicted molar refractivity (Wildman–Crippen MR) is 139 cm³/mol. The van der Waals surface area contributed by atoms with E-state index in [9.17, 15) is 27.6 Å². The smallest absolute Gasteiger partial charge is 0.475 e. The van der Waals surface area contributed by atoms with Crippen LogP contribution in [0.25, 0.3) is 0 Å². The van der Waals surface area contributed by atoms with Crippen molar-refractivity contribution >= 4 is 40.7 Å². The maximum atomic E-state index is 13.9. The van der Waals surface area contributed by atoms with Gasteiger partial charge in [0.05, 0.1) is 38.1 Å². The number of carbonyl (C=O) groups is 4. The Morgan fingerprint density at radius 1 is 1.05 bits per heavy atom. The third-order valence-corrected chi connectivity index (χ3v) is 7.91. The number of likely N-dealkylation sites (tertiary alicyclic amines) is 1. The van der Waals surface area contributed by atoms with Crippen LogP contribution in [-0.4, -0.2) is 81.5 Å². The molecule has 1 N–H and O–H groups in total. The zero-order valence-corrected chi connectivity index (χ0v) is 22.3. The van der Waals surface area contributed by atoms with Crippen molar-refractivity contribution in [2.75, 3.05) is 19.9 Å². The summed E-state index contributed by atoms with van der Waals surface area (Å²) in [7, 11) is 1.34. The highest BCUT2D eigenvalue weighted by atomic mass is 32.2. The van der Waals surface area contributed by atoms with Crippen LogP contribution in [0.3, 0.4) is 0 Å². The number of fused-ring (bicyclic) bond motifs is 3. The van der Waals surface area contributed by atoms with Gasteiger partial charge in [-0.15, -0.1) is 0 Å². The number of halogens is 3. The number of carbonyl (C=O) groups excluding carboxylic acids is 3. The van der Waals surface area contributed by atoms with Crippen LogP contribution in [0, 0.1) is 11.8 Å². The molecule has 0 spiro atoms. The maximum Gasteiger partial charge on any atom is 0.490 e. The van der Waals surface area contributed by atoms with Gasteiger partial charge in [-0.2, -0.15) is 13.2 Å². The van der Waals surface area contributed by atoms with Crippen molar-refractivity contribution in [2.24, 2.45) is 16.8 Å². The zero-order chi connectivity index (χ0) is 29.2. The van der Waals surface area contributed by atoms with Crippen LogP contribution in [0.1, 0.15) is 11.1 Å². The molecule has 2 amide bonds. The number of hydrogen-bond donors (Lipinski definition) is 1. The monoisotopic (exact) mass is 577 g/mol. The fraction of sp³-hybridized carbons (Fsp3) is 0.370. The number of hydrogen-bond acceptors (Lipinski definition) is 8. The molecule has 5 rings (SSSR count). The van der Waals surface area contributed by atoms with Crippen molar-refractivity contribution in [3.8, 4) is 0 Å². The number of amidine groups is 1. The minimum absolute atomic E-state index is 0.192. The van der Waals surface area contributed by atoms with E-state index in [4.69, 9.17) is 14.6 Å². The van der Waals surface area contributed by atoms with Crippen LogP contribution < -0.4 is 0 Å². The second-order valence-electron chi connectivity index (χ2n) is 9.40. The molecule has 0 aromatic heterocycles. The van der Waals surface area contributed by atoms with E-state index in [1.54, 1.807) is 0 Å². The van der Waals surface area contributed by atoms with Gasteiger partial charge in [0.25, 0.3) is 0 Å². The molecule has 2 fully saturated rings. The van der Waals surface area contributed by atoms with Crippen molar-refractivity contribution in [3.05, 3.63) is 71.8 Å². The Morgan fingerprint density at radius 3 is 2.10 bits per heavy atom. The summed E-state index contributed by atoms with van der Waals surface area (Å²) >= 11 is 1.43. The zero-order valence-electron chi connectivity index (χ0n) is 21.5. The first kappa shape index (κ1) is 29.1. The molecule has 2 saturated heterocycles. The number of rotatable bonds is 5. The number of thioether (sulfide) groups is 1. The summed E-state index contributed by atoms with van der Waals surface area (Å²) in [4.78, 5) is 57.9. The first-order valence-electron chi connectivity index (χ1n) is 12.2. The quantitative estimate of drug-likeness (QED) is 0.426. The van der Waals surface area contributed by atoms with Gasteiger partial charge in [0.15, 0.2) is 10.7 Å². The normalized spacial score (nSPS) is 25.1. The van der Waals surface area contributed by atoms with Gasteiger partial charge in [-0.1, -0.05) is 72.4 Å². The average Bonchev–Trinajstić information content (AvgIpc) is 3.56. The molecule has 212 valence electrons. The lowest BCUT2D eigenvalue weighted by molar-refractivity contribution is -0.192. The fourth-order valence-corrected chi connectivity index (χ4v) is 6.36. The van der Waals surface area contributed by atoms with Crippen LogP contribution in [0.2, 0.25) is 0 Å². The number of aliphatic carboxylic acids is 1. The third kappa shape index (κ3) is 5.05. The number of imide groups is 1. The van der Waals surface area contributed by atoms with Crippen LogP contribution in [-0.2, 0) is 36.9 Å². The van der Waals surface area contributed by atoms with Gasteiger partial charge in [0.1, 0.15) is 0 Å². The summed E-state index contributed by atoms with van der Waals surface area (Å²) in [6, 6.07) is 18.7. The summed E-state index contributed by atoms with van der Waals surface area (Å²) < 4.78 is 37.1. The molecule has 3 aliphatic heterocycles. The van der Waals surface area contributed by atoms with Crippen LogP contribution in [0.5, 0.6) is 0 Å². The van der Waals surface area contributed by atoms with E-state index in [2.05, 4.69) is 4.99 Å². The lowest BCUT2D eigenvalue weighted by atomic mass is 9.76. The van der Waals surface area contributed by atoms with E-state index >= 15 is 0 Å². The Hall–Kier alpha value is -3.87. The van der Waals surface area contributed by atoms with Crippen molar-refractivity contribution < 1.29 is 42.2 Å². The van der Waals surface area contributed by atoms with Gasteiger partial charge in [0, 0.05) is 6.42 Å². The summed E-state index contributed by atoms with van der Waals surface area (Å²) in [5, 5.41) is 7.80. The topological polar surface area (TPSA) is 117 Å². The summed E-state index contributed by atoms with van der Waals surface area (Å²) in [6.45, 7) is 0.570. The minimum atomic E-state index is -5.08. The highest BCUT2D eigenvalue weighted by molar-refractivity contribution is 8.13. The molecule has 40 heavy (non-hydrogen) atoms. The number of ether oxygens (including phenoxy) is 1. The van der Waals surface area contributed by atoms with Crippen LogP contribution >= 0.6 is 11.8 Å². The van der Waals surface area contributed by atoms with Gasteiger partial charge < -0.3 is 14.7 Å². The molecule has 3 aliphatic rings. The number of nitrogens with zero attached hydrogens (tertiary/aromatic N) is 3. The van der Waals surface area contributed by atoms with E-state index in [0.29, 0.717) is 11.7 Å². The van der Waals surface area contributed by atoms with E-state index in [1.165, 1.54) is 23.8 Å². The molecule has 9 nitrogen and oxygen atoms in total. The van der Waals surface area contributed by atoms with E-state index in [-0.39, 0.29) is 30.8 Å². The highest BCUT2D eigenvalue weighted by Gasteiger charge is 2.73. The largest absolute Gasteiger partial charge is 0.490 e. The number of benzene rings is 2. The molecule has 13 heteroatoms. The number of esters is 1. The molecule has 0 aliphatic carbocycles. The van der Waals surface area contributed by atoms with E-state index in [1.807, 2.05) is 71.8 Å². The molecule has 0 radical (unpaired) electrons. The Balaban J connectivity index is 0.000000470. The fourth-order valence-electron chi connectivity index (χ4n) is 5.66. The molecular weight excluding hydrogens is 551 g/mol. The van der Waals surface area contributed by atoms with Gasteiger partial charge in [-0.3, -0.25) is 19.5 Å². The van der Waals surface area contributed by atoms with Gasteiger partial charge in [0.2, 0.25) is 11.8 Å². The van der Waals surface area contributed by atoms with E-state index < -0.39 is 35.5 Å².